The van der Waals surface area contributed by atoms with Crippen molar-refractivity contribution in [2.24, 2.45) is 5.73 Å². The van der Waals surface area contributed by atoms with Crippen molar-refractivity contribution in [3.63, 3.8) is 0 Å². The third-order valence-corrected chi connectivity index (χ3v) is 1.85. The molecule has 0 aromatic carbocycles. The Hall–Kier alpha value is -1.42. The zero-order valence-electron chi connectivity index (χ0n) is 8.23. The molecule has 1 aromatic rings. The lowest BCUT2D eigenvalue weighted by atomic mass is 10.2. The van der Waals surface area contributed by atoms with Crippen LogP contribution in [0.15, 0.2) is 24.5 Å². The number of pyridine rings is 1. The standard InChI is InChI=1S/C10H15N3O/c1-8(6-11)13-10(14)5-9-3-2-4-12-7-9/h2-4,7-8H,5-6,11H2,1H3,(H,13,14)/t8-/m1/s1. The van der Waals surface area contributed by atoms with Crippen LogP contribution in [0.1, 0.15) is 12.5 Å². The Labute approximate surface area is 83.5 Å². The zero-order chi connectivity index (χ0) is 10.4. The fourth-order valence-electron chi connectivity index (χ4n) is 1.07. The zero-order valence-corrected chi connectivity index (χ0v) is 8.23. The van der Waals surface area contributed by atoms with Crippen molar-refractivity contribution >= 4 is 5.91 Å². The molecule has 1 rings (SSSR count). The molecule has 1 aromatic heterocycles. The lowest BCUT2D eigenvalue weighted by molar-refractivity contribution is -0.120. The van der Waals surface area contributed by atoms with Gasteiger partial charge in [-0.25, -0.2) is 0 Å². The number of carbonyl (C=O) groups excluding carboxylic acids is 1. The van der Waals surface area contributed by atoms with Gasteiger partial charge in [0, 0.05) is 25.0 Å². The molecule has 14 heavy (non-hydrogen) atoms. The minimum Gasteiger partial charge on any atom is -0.352 e. The van der Waals surface area contributed by atoms with Crippen molar-refractivity contribution in [1.82, 2.24) is 10.3 Å². The first-order valence-corrected chi connectivity index (χ1v) is 4.60. The monoisotopic (exact) mass is 193 g/mol. The number of nitrogens with two attached hydrogens (primary N) is 1. The summed E-state index contributed by atoms with van der Waals surface area (Å²) in [5, 5.41) is 2.79. The molecule has 0 bridgehead atoms. The number of nitrogens with one attached hydrogen (secondary N) is 1. The van der Waals surface area contributed by atoms with Crippen LogP contribution in [0.4, 0.5) is 0 Å². The molecule has 4 nitrogen and oxygen atoms in total. The smallest absolute Gasteiger partial charge is 0.224 e. The molecule has 0 radical (unpaired) electrons. The first-order valence-electron chi connectivity index (χ1n) is 4.60. The van der Waals surface area contributed by atoms with Crippen LogP contribution in [0.3, 0.4) is 0 Å². The Balaban J connectivity index is 2.42. The minimum absolute atomic E-state index is 0.0176. The van der Waals surface area contributed by atoms with Gasteiger partial charge in [0.15, 0.2) is 0 Å². The molecule has 0 fully saturated rings. The fraction of sp³-hybridized carbons (Fsp3) is 0.400. The molecular formula is C10H15N3O. The lowest BCUT2D eigenvalue weighted by Crippen LogP contribution is -2.38. The lowest BCUT2D eigenvalue weighted by Gasteiger charge is -2.10. The van der Waals surface area contributed by atoms with Crippen molar-refractivity contribution in [3.8, 4) is 0 Å². The second kappa shape index (κ2) is 5.34. The maximum atomic E-state index is 11.4. The quantitative estimate of drug-likeness (QED) is 0.712. The molecule has 3 N–H and O–H groups in total. The van der Waals surface area contributed by atoms with Crippen LogP contribution in [-0.4, -0.2) is 23.5 Å². The Morgan fingerprint density at radius 3 is 3.07 bits per heavy atom. The van der Waals surface area contributed by atoms with Crippen LogP contribution < -0.4 is 11.1 Å². The van der Waals surface area contributed by atoms with Crippen LogP contribution in [0.25, 0.3) is 0 Å². The van der Waals surface area contributed by atoms with Gasteiger partial charge in [-0.05, 0) is 18.6 Å². The van der Waals surface area contributed by atoms with Gasteiger partial charge in [0.05, 0.1) is 6.42 Å². The van der Waals surface area contributed by atoms with Gasteiger partial charge in [0.25, 0.3) is 0 Å². The molecule has 0 spiro atoms. The second-order valence-electron chi connectivity index (χ2n) is 3.24. The van der Waals surface area contributed by atoms with Crippen LogP contribution in [0.5, 0.6) is 0 Å². The number of carbonyl (C=O) groups is 1. The molecular weight excluding hydrogens is 178 g/mol. The molecule has 0 aliphatic heterocycles. The van der Waals surface area contributed by atoms with Gasteiger partial charge in [-0.15, -0.1) is 0 Å². The number of nitrogens with zero attached hydrogens (tertiary/aromatic N) is 1. The molecule has 0 aliphatic carbocycles. The predicted octanol–water partition coefficient (Wildman–Crippen LogP) is 0.0875. The van der Waals surface area contributed by atoms with Crippen molar-refractivity contribution in [1.29, 1.82) is 0 Å². The summed E-state index contributed by atoms with van der Waals surface area (Å²) in [6, 6.07) is 3.72. The van der Waals surface area contributed by atoms with Crippen LogP contribution in [0.2, 0.25) is 0 Å². The van der Waals surface area contributed by atoms with Crippen LogP contribution >= 0.6 is 0 Å². The SMILES string of the molecule is C[C@H](CN)NC(=O)Cc1cccnc1. The third-order valence-electron chi connectivity index (χ3n) is 1.85. The van der Waals surface area contributed by atoms with E-state index in [1.54, 1.807) is 12.4 Å². The number of hydrogen-bond acceptors (Lipinski definition) is 3. The fourth-order valence-corrected chi connectivity index (χ4v) is 1.07. The Morgan fingerprint density at radius 2 is 2.50 bits per heavy atom. The number of rotatable bonds is 4. The summed E-state index contributed by atoms with van der Waals surface area (Å²) < 4.78 is 0. The van der Waals surface area contributed by atoms with Crippen molar-refractivity contribution in [3.05, 3.63) is 30.1 Å². The molecule has 0 saturated carbocycles. The molecule has 1 amide bonds. The summed E-state index contributed by atoms with van der Waals surface area (Å²) in [7, 11) is 0. The summed E-state index contributed by atoms with van der Waals surface area (Å²) >= 11 is 0. The Morgan fingerprint density at radius 1 is 1.71 bits per heavy atom. The normalized spacial score (nSPS) is 12.1. The van der Waals surface area contributed by atoms with Crippen molar-refractivity contribution < 1.29 is 4.79 Å². The summed E-state index contributed by atoms with van der Waals surface area (Å²) in [5.74, 6) is -0.0176. The minimum atomic E-state index is -0.0176. The molecule has 0 aliphatic rings. The highest BCUT2D eigenvalue weighted by Crippen LogP contribution is 1.96. The maximum absolute atomic E-state index is 11.4. The van der Waals surface area contributed by atoms with E-state index in [9.17, 15) is 4.79 Å². The average Bonchev–Trinajstić information content (AvgIpc) is 2.19. The predicted molar refractivity (Wildman–Crippen MR) is 54.6 cm³/mol. The maximum Gasteiger partial charge on any atom is 0.224 e. The summed E-state index contributed by atoms with van der Waals surface area (Å²) in [6.07, 6.45) is 3.73. The van der Waals surface area contributed by atoms with Gasteiger partial charge in [-0.3, -0.25) is 9.78 Å². The molecule has 1 heterocycles. The van der Waals surface area contributed by atoms with Crippen LogP contribution in [0, 0.1) is 0 Å². The third kappa shape index (κ3) is 3.53. The van der Waals surface area contributed by atoms with Gasteiger partial charge in [0.1, 0.15) is 0 Å². The number of amides is 1. The molecule has 76 valence electrons. The highest BCUT2D eigenvalue weighted by atomic mass is 16.1. The van der Waals surface area contributed by atoms with E-state index in [0.717, 1.165) is 5.56 Å². The summed E-state index contributed by atoms with van der Waals surface area (Å²) in [5.41, 5.74) is 6.30. The van der Waals surface area contributed by atoms with E-state index in [4.69, 9.17) is 5.73 Å². The Kier molecular flexibility index (Phi) is 4.07. The number of aromatic nitrogens is 1. The van der Waals surface area contributed by atoms with E-state index in [0.29, 0.717) is 13.0 Å². The first kappa shape index (κ1) is 10.7. The van der Waals surface area contributed by atoms with E-state index < -0.39 is 0 Å². The van der Waals surface area contributed by atoms with E-state index in [-0.39, 0.29) is 11.9 Å². The van der Waals surface area contributed by atoms with E-state index in [2.05, 4.69) is 10.3 Å². The van der Waals surface area contributed by atoms with E-state index in [1.165, 1.54) is 0 Å². The molecule has 0 unspecified atom stereocenters. The van der Waals surface area contributed by atoms with Gasteiger partial charge >= 0.3 is 0 Å². The largest absolute Gasteiger partial charge is 0.352 e. The van der Waals surface area contributed by atoms with E-state index in [1.807, 2.05) is 19.1 Å². The highest BCUT2D eigenvalue weighted by Gasteiger charge is 2.05. The average molecular weight is 193 g/mol. The van der Waals surface area contributed by atoms with Crippen molar-refractivity contribution in [2.45, 2.75) is 19.4 Å². The summed E-state index contributed by atoms with van der Waals surface area (Å²) in [6.45, 7) is 2.33. The van der Waals surface area contributed by atoms with E-state index >= 15 is 0 Å². The Bertz CT molecular complexity index is 287. The summed E-state index contributed by atoms with van der Waals surface area (Å²) in [4.78, 5) is 15.3. The molecule has 4 heteroatoms. The molecule has 1 atom stereocenters. The van der Waals surface area contributed by atoms with Gasteiger partial charge in [-0.1, -0.05) is 6.07 Å². The van der Waals surface area contributed by atoms with Gasteiger partial charge in [0.2, 0.25) is 5.91 Å². The van der Waals surface area contributed by atoms with Gasteiger partial charge in [-0.2, -0.15) is 0 Å². The van der Waals surface area contributed by atoms with Crippen LogP contribution in [-0.2, 0) is 11.2 Å². The van der Waals surface area contributed by atoms with Gasteiger partial charge < -0.3 is 11.1 Å². The van der Waals surface area contributed by atoms with Crippen molar-refractivity contribution in [2.75, 3.05) is 6.54 Å². The second-order valence-corrected chi connectivity index (χ2v) is 3.24. The highest BCUT2D eigenvalue weighted by molar-refractivity contribution is 5.78. The first-order chi connectivity index (χ1) is 6.72. The molecule has 0 saturated heterocycles. The number of hydrogen-bond donors (Lipinski definition) is 2. The topological polar surface area (TPSA) is 68.0 Å².